The number of hydrogen-bond acceptors (Lipinski definition) is 4. The average Bonchev–Trinajstić information content (AvgIpc) is 2.34. The van der Waals surface area contributed by atoms with Gasteiger partial charge in [-0.05, 0) is 25.0 Å². The van der Waals surface area contributed by atoms with Crippen molar-refractivity contribution in [2.45, 2.75) is 26.8 Å². The Balaban J connectivity index is 0. The Hall–Kier alpha value is -1.37. The van der Waals surface area contributed by atoms with E-state index < -0.39 is 6.04 Å². The number of carbonyl (C=O) groups is 2. The second kappa shape index (κ2) is 10.4. The smallest absolute Gasteiger partial charge is 0.243 e. The molecule has 6 nitrogen and oxygen atoms in total. The zero-order valence-electron chi connectivity index (χ0n) is 12.3. The van der Waals surface area contributed by atoms with Crippen molar-refractivity contribution in [1.82, 2.24) is 10.3 Å². The number of pyridine rings is 1. The highest BCUT2D eigenvalue weighted by atomic mass is 35.5. The van der Waals surface area contributed by atoms with E-state index in [1.165, 1.54) is 0 Å². The number of amides is 2. The minimum atomic E-state index is -0.601. The summed E-state index contributed by atoms with van der Waals surface area (Å²) in [5, 5.41) is 5.18. The van der Waals surface area contributed by atoms with E-state index in [1.54, 1.807) is 18.3 Å². The fraction of sp³-hybridized carbons (Fsp3) is 0.462. The first-order valence-electron chi connectivity index (χ1n) is 6.16. The molecule has 0 saturated carbocycles. The maximum absolute atomic E-state index is 11.6. The first-order chi connectivity index (χ1) is 8.90. The van der Waals surface area contributed by atoms with Crippen LogP contribution in [0.2, 0.25) is 0 Å². The summed E-state index contributed by atoms with van der Waals surface area (Å²) in [5.41, 5.74) is 7.13. The van der Waals surface area contributed by atoms with E-state index in [0.29, 0.717) is 5.69 Å². The third kappa shape index (κ3) is 7.84. The van der Waals surface area contributed by atoms with Crippen molar-refractivity contribution < 1.29 is 9.59 Å². The van der Waals surface area contributed by atoms with E-state index in [9.17, 15) is 9.59 Å². The van der Waals surface area contributed by atoms with Crippen LogP contribution in [0.5, 0.6) is 0 Å². The molecule has 120 valence electrons. The van der Waals surface area contributed by atoms with Crippen molar-refractivity contribution >= 4 is 42.3 Å². The minimum absolute atomic E-state index is 0. The number of halogens is 2. The van der Waals surface area contributed by atoms with Gasteiger partial charge in [0, 0.05) is 17.6 Å². The minimum Gasteiger partial charge on any atom is -0.346 e. The highest BCUT2D eigenvalue weighted by molar-refractivity contribution is 5.95. The van der Waals surface area contributed by atoms with Crippen LogP contribution in [0.4, 0.5) is 5.69 Å². The Morgan fingerprint density at radius 2 is 1.95 bits per heavy atom. The zero-order chi connectivity index (χ0) is 14.4. The molecule has 1 aromatic heterocycles. The van der Waals surface area contributed by atoms with Crippen molar-refractivity contribution in [3.8, 4) is 0 Å². The van der Waals surface area contributed by atoms with Crippen LogP contribution in [0.25, 0.3) is 0 Å². The summed E-state index contributed by atoms with van der Waals surface area (Å²) in [6.07, 6.45) is 1.61. The molecule has 0 aliphatic heterocycles. The summed E-state index contributed by atoms with van der Waals surface area (Å²) in [6, 6.07) is 2.84. The number of nitrogens with two attached hydrogens (primary N) is 1. The SMILES string of the molecule is Cc1cc(NC(=O)CNC(=O)[C@@H](N)C(C)C)ccn1.Cl.Cl. The van der Waals surface area contributed by atoms with E-state index in [4.69, 9.17) is 5.73 Å². The Kier molecular flexibility index (Phi) is 10.8. The molecule has 0 aliphatic rings. The van der Waals surface area contributed by atoms with Gasteiger partial charge in [0.15, 0.2) is 0 Å². The van der Waals surface area contributed by atoms with Crippen LogP contribution < -0.4 is 16.4 Å². The molecule has 21 heavy (non-hydrogen) atoms. The van der Waals surface area contributed by atoms with Crippen molar-refractivity contribution in [3.63, 3.8) is 0 Å². The molecule has 0 saturated heterocycles. The summed E-state index contributed by atoms with van der Waals surface area (Å²) in [5.74, 6) is -0.586. The summed E-state index contributed by atoms with van der Waals surface area (Å²) in [7, 11) is 0. The van der Waals surface area contributed by atoms with Crippen LogP contribution in [-0.4, -0.2) is 29.4 Å². The zero-order valence-corrected chi connectivity index (χ0v) is 13.9. The van der Waals surface area contributed by atoms with Gasteiger partial charge < -0.3 is 16.4 Å². The van der Waals surface area contributed by atoms with E-state index in [-0.39, 0.29) is 49.1 Å². The standard InChI is InChI=1S/C13H20N4O2.2ClH/c1-8(2)12(14)13(19)16-7-11(18)17-10-4-5-15-9(3)6-10;;/h4-6,8,12H,7,14H2,1-3H3,(H,16,19)(H,15,17,18);2*1H/t12-;;/m0../s1. The largest absolute Gasteiger partial charge is 0.346 e. The van der Waals surface area contributed by atoms with Crippen molar-refractivity contribution in [2.24, 2.45) is 11.7 Å². The predicted octanol–water partition coefficient (Wildman–Crippen LogP) is 1.27. The Morgan fingerprint density at radius 3 is 2.48 bits per heavy atom. The molecule has 1 rings (SSSR count). The molecule has 8 heteroatoms. The van der Waals surface area contributed by atoms with Crippen LogP contribution in [-0.2, 0) is 9.59 Å². The molecule has 0 bridgehead atoms. The molecule has 1 heterocycles. The van der Waals surface area contributed by atoms with Gasteiger partial charge in [-0.1, -0.05) is 13.8 Å². The lowest BCUT2D eigenvalue weighted by atomic mass is 10.1. The lowest BCUT2D eigenvalue weighted by molar-refractivity contribution is -0.125. The molecule has 0 spiro atoms. The first kappa shape index (κ1) is 21.9. The maximum Gasteiger partial charge on any atom is 0.243 e. The summed E-state index contributed by atoms with van der Waals surface area (Å²) >= 11 is 0. The van der Waals surface area contributed by atoms with Gasteiger partial charge in [0.1, 0.15) is 0 Å². The monoisotopic (exact) mass is 336 g/mol. The molecule has 2 amide bonds. The Morgan fingerprint density at radius 1 is 1.33 bits per heavy atom. The van der Waals surface area contributed by atoms with E-state index in [2.05, 4.69) is 15.6 Å². The van der Waals surface area contributed by atoms with Gasteiger partial charge >= 0.3 is 0 Å². The summed E-state index contributed by atoms with van der Waals surface area (Å²) in [4.78, 5) is 27.2. The number of aryl methyl sites for hydroxylation is 1. The Bertz CT molecular complexity index is 469. The summed E-state index contributed by atoms with van der Waals surface area (Å²) < 4.78 is 0. The molecule has 0 radical (unpaired) electrons. The van der Waals surface area contributed by atoms with Crippen molar-refractivity contribution in [2.75, 3.05) is 11.9 Å². The van der Waals surface area contributed by atoms with Crippen LogP contribution in [0.3, 0.4) is 0 Å². The normalized spacial score (nSPS) is 10.9. The summed E-state index contributed by atoms with van der Waals surface area (Å²) in [6.45, 7) is 5.44. The highest BCUT2D eigenvalue weighted by Crippen LogP contribution is 2.06. The fourth-order valence-corrected chi connectivity index (χ4v) is 1.42. The highest BCUT2D eigenvalue weighted by Gasteiger charge is 2.17. The van der Waals surface area contributed by atoms with Gasteiger partial charge in [0.2, 0.25) is 11.8 Å². The van der Waals surface area contributed by atoms with Gasteiger partial charge in [-0.3, -0.25) is 14.6 Å². The number of hydrogen-bond donors (Lipinski definition) is 3. The van der Waals surface area contributed by atoms with Gasteiger partial charge in [0.05, 0.1) is 12.6 Å². The van der Waals surface area contributed by atoms with Gasteiger partial charge in [-0.15, -0.1) is 24.8 Å². The molecule has 1 atom stereocenters. The lowest BCUT2D eigenvalue weighted by Gasteiger charge is -2.15. The number of carbonyl (C=O) groups excluding carboxylic acids is 2. The van der Waals surface area contributed by atoms with Gasteiger partial charge in [0.25, 0.3) is 0 Å². The fourth-order valence-electron chi connectivity index (χ4n) is 1.42. The number of rotatable bonds is 5. The third-order valence-corrected chi connectivity index (χ3v) is 2.62. The van der Waals surface area contributed by atoms with E-state index >= 15 is 0 Å². The molecule has 0 aromatic carbocycles. The molecule has 4 N–H and O–H groups in total. The van der Waals surface area contributed by atoms with Crippen LogP contribution in [0.1, 0.15) is 19.5 Å². The number of aromatic nitrogens is 1. The number of anilines is 1. The third-order valence-electron chi connectivity index (χ3n) is 2.62. The molecular formula is C13H22Cl2N4O2. The first-order valence-corrected chi connectivity index (χ1v) is 6.16. The number of nitrogens with zero attached hydrogens (tertiary/aromatic N) is 1. The van der Waals surface area contributed by atoms with Crippen molar-refractivity contribution in [1.29, 1.82) is 0 Å². The predicted molar refractivity (Wildman–Crippen MR) is 87.9 cm³/mol. The average molecular weight is 337 g/mol. The molecule has 0 aliphatic carbocycles. The Labute approximate surface area is 137 Å². The second-order valence-electron chi connectivity index (χ2n) is 4.72. The van der Waals surface area contributed by atoms with Crippen molar-refractivity contribution in [3.05, 3.63) is 24.0 Å². The quantitative estimate of drug-likeness (QED) is 0.754. The van der Waals surface area contributed by atoms with E-state index in [0.717, 1.165) is 5.69 Å². The molecular weight excluding hydrogens is 315 g/mol. The number of nitrogens with one attached hydrogen (secondary N) is 2. The topological polar surface area (TPSA) is 97.1 Å². The maximum atomic E-state index is 11.6. The van der Waals surface area contributed by atoms with Gasteiger partial charge in [-0.2, -0.15) is 0 Å². The lowest BCUT2D eigenvalue weighted by Crippen LogP contribution is -2.46. The molecule has 0 fully saturated rings. The van der Waals surface area contributed by atoms with Crippen LogP contribution in [0, 0.1) is 12.8 Å². The van der Waals surface area contributed by atoms with Crippen LogP contribution >= 0.6 is 24.8 Å². The molecule has 0 unspecified atom stereocenters. The van der Waals surface area contributed by atoms with E-state index in [1.807, 2.05) is 20.8 Å². The second-order valence-corrected chi connectivity index (χ2v) is 4.72. The molecule has 1 aromatic rings. The van der Waals surface area contributed by atoms with Crippen LogP contribution in [0.15, 0.2) is 18.3 Å². The van der Waals surface area contributed by atoms with Gasteiger partial charge in [-0.25, -0.2) is 0 Å².